The van der Waals surface area contributed by atoms with Crippen LogP contribution in [0, 0.1) is 5.92 Å². The molecule has 2 aromatic carbocycles. The van der Waals surface area contributed by atoms with Gasteiger partial charge >= 0.3 is 6.09 Å². The molecular formula is C24H29NO3. The second-order valence-electron chi connectivity index (χ2n) is 8.54. The van der Waals surface area contributed by atoms with Gasteiger partial charge in [0.1, 0.15) is 11.9 Å². The van der Waals surface area contributed by atoms with Gasteiger partial charge in [-0.05, 0) is 50.7 Å². The lowest BCUT2D eigenvalue weighted by Crippen LogP contribution is -2.45. The van der Waals surface area contributed by atoms with E-state index in [1.807, 2.05) is 69.3 Å². The molecule has 0 heterocycles. The zero-order valence-corrected chi connectivity index (χ0v) is 16.9. The average Bonchev–Trinajstić information content (AvgIpc) is 3.10. The first-order valence-electron chi connectivity index (χ1n) is 9.91. The Morgan fingerprint density at radius 2 is 1.64 bits per heavy atom. The summed E-state index contributed by atoms with van der Waals surface area (Å²) in [6.45, 7) is 6.03. The molecule has 0 N–H and O–H groups in total. The van der Waals surface area contributed by atoms with Gasteiger partial charge in [-0.25, -0.2) is 4.79 Å². The summed E-state index contributed by atoms with van der Waals surface area (Å²) in [5.74, 6) is 0.0727. The normalized spacial score (nSPS) is 21.9. The fourth-order valence-electron chi connectivity index (χ4n) is 3.97. The van der Waals surface area contributed by atoms with Gasteiger partial charge in [0.25, 0.3) is 0 Å². The van der Waals surface area contributed by atoms with E-state index >= 15 is 0 Å². The van der Waals surface area contributed by atoms with Gasteiger partial charge in [0.05, 0.1) is 0 Å². The minimum absolute atomic E-state index is 0.169. The van der Waals surface area contributed by atoms with Crippen molar-refractivity contribution in [3.8, 4) is 0 Å². The lowest BCUT2D eigenvalue weighted by molar-refractivity contribution is -0.112. The number of hydrogen-bond acceptors (Lipinski definition) is 3. The van der Waals surface area contributed by atoms with Crippen LogP contribution in [-0.2, 0) is 16.1 Å². The van der Waals surface area contributed by atoms with E-state index in [0.717, 1.165) is 24.7 Å². The largest absolute Gasteiger partial charge is 0.444 e. The molecule has 4 nitrogen and oxygen atoms in total. The van der Waals surface area contributed by atoms with Crippen molar-refractivity contribution in [3.05, 3.63) is 71.8 Å². The van der Waals surface area contributed by atoms with E-state index in [-0.39, 0.29) is 24.0 Å². The fourth-order valence-corrected chi connectivity index (χ4v) is 3.97. The number of carbonyl (C=O) groups excluding carboxylic acids is 2. The van der Waals surface area contributed by atoms with Crippen molar-refractivity contribution in [1.29, 1.82) is 0 Å². The summed E-state index contributed by atoms with van der Waals surface area (Å²) in [5, 5.41) is 0. The highest BCUT2D eigenvalue weighted by atomic mass is 16.6. The Morgan fingerprint density at radius 1 is 1.04 bits per heavy atom. The van der Waals surface area contributed by atoms with Crippen LogP contribution in [0.1, 0.15) is 50.7 Å². The van der Waals surface area contributed by atoms with Crippen molar-refractivity contribution in [3.63, 3.8) is 0 Å². The summed E-state index contributed by atoms with van der Waals surface area (Å²) in [6, 6.07) is 19.9. The van der Waals surface area contributed by atoms with Crippen LogP contribution < -0.4 is 0 Å². The number of amides is 1. The number of ether oxygens (including phenoxy) is 1. The highest BCUT2D eigenvalue weighted by molar-refractivity contribution is 5.70. The molecule has 0 spiro atoms. The molecule has 0 saturated heterocycles. The molecule has 4 heteroatoms. The van der Waals surface area contributed by atoms with E-state index in [1.165, 1.54) is 5.56 Å². The first-order chi connectivity index (χ1) is 13.4. The Hall–Kier alpha value is -2.62. The maximum atomic E-state index is 13.0. The minimum atomic E-state index is -0.583. The predicted molar refractivity (Wildman–Crippen MR) is 110 cm³/mol. The van der Waals surface area contributed by atoms with E-state index in [1.54, 1.807) is 4.90 Å². The summed E-state index contributed by atoms with van der Waals surface area (Å²) in [4.78, 5) is 26.7. The Kier molecular flexibility index (Phi) is 6.18. The molecule has 1 aliphatic carbocycles. The summed E-state index contributed by atoms with van der Waals surface area (Å²) < 4.78 is 5.69. The van der Waals surface area contributed by atoms with Crippen LogP contribution in [0.5, 0.6) is 0 Å². The number of rotatable bonds is 5. The number of benzene rings is 2. The van der Waals surface area contributed by atoms with Crippen LogP contribution in [0.15, 0.2) is 60.7 Å². The zero-order chi connectivity index (χ0) is 20.1. The highest BCUT2D eigenvalue weighted by Crippen LogP contribution is 2.41. The molecule has 1 aliphatic rings. The summed E-state index contributed by atoms with van der Waals surface area (Å²) >= 11 is 0. The molecular weight excluding hydrogens is 350 g/mol. The van der Waals surface area contributed by atoms with Crippen molar-refractivity contribution in [2.24, 2.45) is 5.92 Å². The maximum absolute atomic E-state index is 13.0. The molecule has 1 amide bonds. The van der Waals surface area contributed by atoms with Crippen molar-refractivity contribution in [2.45, 2.75) is 57.7 Å². The third-order valence-corrected chi connectivity index (χ3v) is 5.25. The minimum Gasteiger partial charge on any atom is -0.444 e. The molecule has 28 heavy (non-hydrogen) atoms. The molecule has 0 radical (unpaired) electrons. The molecule has 2 aromatic rings. The molecule has 1 fully saturated rings. The lowest BCUT2D eigenvalue weighted by atomic mass is 9.97. The molecule has 0 aliphatic heterocycles. The molecule has 3 rings (SSSR count). The first kappa shape index (κ1) is 20.1. The number of nitrogens with zero attached hydrogens (tertiary/aromatic N) is 1. The quantitative estimate of drug-likeness (QED) is 0.672. The first-order valence-corrected chi connectivity index (χ1v) is 9.91. The van der Waals surface area contributed by atoms with Gasteiger partial charge in [-0.2, -0.15) is 0 Å². The van der Waals surface area contributed by atoms with Gasteiger partial charge in [0.15, 0.2) is 0 Å². The number of aldehydes is 1. The smallest absolute Gasteiger partial charge is 0.410 e. The molecule has 0 aromatic heterocycles. The third-order valence-electron chi connectivity index (χ3n) is 5.25. The molecule has 3 atom stereocenters. The molecule has 0 unspecified atom stereocenters. The highest BCUT2D eigenvalue weighted by Gasteiger charge is 2.41. The van der Waals surface area contributed by atoms with Gasteiger partial charge in [0, 0.05) is 18.5 Å². The van der Waals surface area contributed by atoms with Gasteiger partial charge in [0.2, 0.25) is 0 Å². The summed E-state index contributed by atoms with van der Waals surface area (Å²) in [5.41, 5.74) is 1.67. The third kappa shape index (κ3) is 5.00. The van der Waals surface area contributed by atoms with Gasteiger partial charge < -0.3 is 14.4 Å². The number of carbonyl (C=O) groups is 2. The van der Waals surface area contributed by atoms with Crippen LogP contribution in [0.2, 0.25) is 0 Å². The Bertz CT molecular complexity index is 783. The molecule has 1 saturated carbocycles. The monoisotopic (exact) mass is 379 g/mol. The van der Waals surface area contributed by atoms with Crippen molar-refractivity contribution >= 4 is 12.4 Å². The van der Waals surface area contributed by atoms with Crippen LogP contribution in [0.25, 0.3) is 0 Å². The van der Waals surface area contributed by atoms with E-state index in [9.17, 15) is 9.59 Å². The molecule has 0 bridgehead atoms. The number of hydrogen-bond donors (Lipinski definition) is 0. The average molecular weight is 380 g/mol. The topological polar surface area (TPSA) is 46.6 Å². The Morgan fingerprint density at radius 3 is 2.21 bits per heavy atom. The van der Waals surface area contributed by atoms with E-state index in [0.29, 0.717) is 6.54 Å². The van der Waals surface area contributed by atoms with Gasteiger partial charge in [-0.3, -0.25) is 0 Å². The fraction of sp³-hybridized carbons (Fsp3) is 0.417. The maximum Gasteiger partial charge on any atom is 0.410 e. The lowest BCUT2D eigenvalue weighted by Gasteiger charge is -2.33. The van der Waals surface area contributed by atoms with Crippen LogP contribution in [0.3, 0.4) is 0 Å². The second kappa shape index (κ2) is 8.59. The standard InChI is InChI=1S/C24H29NO3/c1-24(2,3)28-23(27)25(16-18-10-6-4-7-11-18)22-15-20(14-21(22)17-26)19-12-8-5-9-13-19/h4-13,17,20-22H,14-16H2,1-3H3/t20-,21-,22-/m0/s1. The second-order valence-corrected chi connectivity index (χ2v) is 8.54. The zero-order valence-electron chi connectivity index (χ0n) is 16.9. The van der Waals surface area contributed by atoms with Crippen molar-refractivity contribution < 1.29 is 14.3 Å². The summed E-state index contributed by atoms with van der Waals surface area (Å²) in [7, 11) is 0. The van der Waals surface area contributed by atoms with Crippen LogP contribution in [-0.4, -0.2) is 28.9 Å². The van der Waals surface area contributed by atoms with E-state index in [4.69, 9.17) is 4.74 Å². The van der Waals surface area contributed by atoms with Gasteiger partial charge in [-0.1, -0.05) is 60.7 Å². The molecule has 148 valence electrons. The van der Waals surface area contributed by atoms with Crippen molar-refractivity contribution in [2.75, 3.05) is 0 Å². The SMILES string of the molecule is CC(C)(C)OC(=O)N(Cc1ccccc1)[C@H]1C[C@@H](c2ccccc2)C[C@H]1C=O. The van der Waals surface area contributed by atoms with Crippen molar-refractivity contribution in [1.82, 2.24) is 4.90 Å². The van der Waals surface area contributed by atoms with E-state index in [2.05, 4.69) is 12.1 Å². The predicted octanol–water partition coefficient (Wildman–Crippen LogP) is 5.19. The van der Waals surface area contributed by atoms with Crippen LogP contribution >= 0.6 is 0 Å². The summed E-state index contributed by atoms with van der Waals surface area (Å²) in [6.07, 6.45) is 2.17. The Balaban J connectivity index is 1.87. The van der Waals surface area contributed by atoms with Gasteiger partial charge in [-0.15, -0.1) is 0 Å². The Labute approximate surface area is 167 Å². The van der Waals surface area contributed by atoms with Crippen LogP contribution in [0.4, 0.5) is 4.79 Å². The van der Waals surface area contributed by atoms with E-state index < -0.39 is 5.60 Å².